The van der Waals surface area contributed by atoms with Gasteiger partial charge in [0.15, 0.2) is 6.29 Å². The van der Waals surface area contributed by atoms with Crippen molar-refractivity contribution in [3.8, 4) is 0 Å². The highest BCUT2D eigenvalue weighted by Gasteiger charge is 2.24. The number of nitrogens with one attached hydrogen (secondary N) is 1. The van der Waals surface area contributed by atoms with Gasteiger partial charge in [-0.2, -0.15) is 0 Å². The first-order chi connectivity index (χ1) is 10.2. The fourth-order valence-electron chi connectivity index (χ4n) is 2.79. The maximum absolute atomic E-state index is 12.3. The number of fused-ring (bicyclic) bond motifs is 1. The van der Waals surface area contributed by atoms with Crippen molar-refractivity contribution in [2.75, 3.05) is 19.8 Å². The number of amides is 1. The van der Waals surface area contributed by atoms with Gasteiger partial charge in [-0.05, 0) is 44.2 Å². The number of benzene rings is 1. The second-order valence-electron chi connectivity index (χ2n) is 5.29. The molecule has 0 spiro atoms. The zero-order chi connectivity index (χ0) is 15.1. The molecule has 1 N–H and O–H groups in total. The van der Waals surface area contributed by atoms with E-state index < -0.39 is 0 Å². The minimum atomic E-state index is -0.347. The van der Waals surface area contributed by atoms with Crippen LogP contribution < -0.4 is 5.32 Å². The monoisotopic (exact) mass is 291 g/mol. The van der Waals surface area contributed by atoms with Crippen LogP contribution >= 0.6 is 0 Å². The average Bonchev–Trinajstić information content (AvgIpc) is 2.52. The first-order valence-electron chi connectivity index (χ1n) is 7.82. The van der Waals surface area contributed by atoms with Gasteiger partial charge in [0.2, 0.25) is 5.91 Å². The Morgan fingerprint density at radius 2 is 1.90 bits per heavy atom. The molecule has 1 amide bonds. The van der Waals surface area contributed by atoms with E-state index in [-0.39, 0.29) is 18.1 Å². The molecule has 4 nitrogen and oxygen atoms in total. The van der Waals surface area contributed by atoms with Crippen LogP contribution in [0.3, 0.4) is 0 Å². The van der Waals surface area contributed by atoms with Crippen molar-refractivity contribution in [2.24, 2.45) is 5.92 Å². The molecule has 1 atom stereocenters. The van der Waals surface area contributed by atoms with Gasteiger partial charge in [-0.25, -0.2) is 0 Å². The molecule has 0 radical (unpaired) electrons. The average molecular weight is 291 g/mol. The Labute approximate surface area is 126 Å². The lowest BCUT2D eigenvalue weighted by molar-refractivity contribution is -0.142. The van der Waals surface area contributed by atoms with Crippen LogP contribution in [0.15, 0.2) is 24.3 Å². The standard InChI is InChI=1S/C17H25NO3/c1-3-20-16(21-4-2)12-18-17(19)15-10-9-13-7-5-6-8-14(13)11-15/h5-8,15-16H,3-4,9-12H2,1-2H3,(H,18,19). The summed E-state index contributed by atoms with van der Waals surface area (Å²) in [6.07, 6.45) is 2.38. The lowest BCUT2D eigenvalue weighted by Crippen LogP contribution is -2.40. The van der Waals surface area contributed by atoms with Gasteiger partial charge in [-0.15, -0.1) is 0 Å². The molecule has 0 saturated heterocycles. The number of rotatable bonds is 7. The lowest BCUT2D eigenvalue weighted by atomic mass is 9.83. The Morgan fingerprint density at radius 3 is 2.57 bits per heavy atom. The van der Waals surface area contributed by atoms with E-state index >= 15 is 0 Å². The molecule has 1 aromatic rings. The van der Waals surface area contributed by atoms with Crippen molar-refractivity contribution in [1.82, 2.24) is 5.32 Å². The lowest BCUT2D eigenvalue weighted by Gasteiger charge is -2.25. The predicted octanol–water partition coefficient (Wildman–Crippen LogP) is 2.31. The fourth-order valence-corrected chi connectivity index (χ4v) is 2.79. The van der Waals surface area contributed by atoms with Crippen molar-refractivity contribution in [1.29, 1.82) is 0 Å². The summed E-state index contributed by atoms with van der Waals surface area (Å²) in [5.74, 6) is 0.165. The van der Waals surface area contributed by atoms with Crippen molar-refractivity contribution in [3.63, 3.8) is 0 Å². The van der Waals surface area contributed by atoms with E-state index in [4.69, 9.17) is 9.47 Å². The molecule has 2 rings (SSSR count). The molecule has 1 unspecified atom stereocenters. The van der Waals surface area contributed by atoms with E-state index in [9.17, 15) is 4.79 Å². The molecule has 0 heterocycles. The van der Waals surface area contributed by atoms with Gasteiger partial charge in [0.1, 0.15) is 0 Å². The van der Waals surface area contributed by atoms with Crippen molar-refractivity contribution in [2.45, 2.75) is 39.4 Å². The Bertz CT molecular complexity index is 455. The highest BCUT2D eigenvalue weighted by Crippen LogP contribution is 2.25. The number of hydrogen-bond donors (Lipinski definition) is 1. The first kappa shape index (κ1) is 16.0. The van der Waals surface area contributed by atoms with E-state index in [0.717, 1.165) is 19.3 Å². The van der Waals surface area contributed by atoms with Gasteiger partial charge < -0.3 is 14.8 Å². The molecule has 1 aliphatic rings. The van der Waals surface area contributed by atoms with Gasteiger partial charge in [-0.1, -0.05) is 24.3 Å². The normalized spacial score (nSPS) is 17.6. The predicted molar refractivity (Wildman–Crippen MR) is 82.0 cm³/mol. The summed E-state index contributed by atoms with van der Waals surface area (Å²) in [6.45, 7) is 5.42. The summed E-state index contributed by atoms with van der Waals surface area (Å²) in [5.41, 5.74) is 2.68. The largest absolute Gasteiger partial charge is 0.351 e. The summed E-state index contributed by atoms with van der Waals surface area (Å²) in [5, 5.41) is 2.96. The minimum absolute atomic E-state index is 0.0591. The number of ether oxygens (including phenoxy) is 2. The van der Waals surface area contributed by atoms with Crippen LogP contribution in [-0.2, 0) is 27.1 Å². The van der Waals surface area contributed by atoms with Crippen LogP contribution in [-0.4, -0.2) is 32.0 Å². The zero-order valence-electron chi connectivity index (χ0n) is 12.9. The highest BCUT2D eigenvalue weighted by molar-refractivity contribution is 5.79. The first-order valence-corrected chi connectivity index (χ1v) is 7.82. The van der Waals surface area contributed by atoms with Crippen molar-refractivity contribution < 1.29 is 14.3 Å². The SMILES string of the molecule is CCOC(CNC(=O)C1CCc2ccccc2C1)OCC. The Hall–Kier alpha value is -1.39. The summed E-state index contributed by atoms with van der Waals surface area (Å²) in [4.78, 5) is 12.3. The number of aryl methyl sites for hydroxylation is 1. The Balaban J connectivity index is 1.84. The van der Waals surface area contributed by atoms with Gasteiger partial charge >= 0.3 is 0 Å². The fraction of sp³-hybridized carbons (Fsp3) is 0.588. The van der Waals surface area contributed by atoms with E-state index in [2.05, 4.69) is 23.5 Å². The topological polar surface area (TPSA) is 47.6 Å². The molecule has 21 heavy (non-hydrogen) atoms. The number of carbonyl (C=O) groups is 1. The van der Waals surface area contributed by atoms with Crippen molar-refractivity contribution >= 4 is 5.91 Å². The molecule has 1 aromatic carbocycles. The summed E-state index contributed by atoms with van der Waals surface area (Å²) >= 11 is 0. The quantitative estimate of drug-likeness (QED) is 0.784. The van der Waals surface area contributed by atoms with Crippen LogP contribution in [0.25, 0.3) is 0 Å². The van der Waals surface area contributed by atoms with E-state index in [1.807, 2.05) is 19.9 Å². The molecule has 0 fully saturated rings. The maximum Gasteiger partial charge on any atom is 0.223 e. The minimum Gasteiger partial charge on any atom is -0.351 e. The molecule has 0 saturated carbocycles. The van der Waals surface area contributed by atoms with E-state index in [1.165, 1.54) is 11.1 Å². The summed E-state index contributed by atoms with van der Waals surface area (Å²) in [7, 11) is 0. The van der Waals surface area contributed by atoms with Crippen LogP contribution in [0.2, 0.25) is 0 Å². The Morgan fingerprint density at radius 1 is 1.24 bits per heavy atom. The molecule has 116 valence electrons. The third kappa shape index (κ3) is 4.55. The van der Waals surface area contributed by atoms with Gasteiger partial charge in [0.25, 0.3) is 0 Å². The van der Waals surface area contributed by atoms with E-state index in [1.54, 1.807) is 0 Å². The second kappa shape index (κ2) is 8.15. The van der Waals surface area contributed by atoms with Crippen molar-refractivity contribution in [3.05, 3.63) is 35.4 Å². The summed E-state index contributed by atoms with van der Waals surface area (Å²) in [6, 6.07) is 8.38. The molecule has 4 heteroatoms. The molecule has 1 aliphatic carbocycles. The Kier molecular flexibility index (Phi) is 6.21. The van der Waals surface area contributed by atoms with Gasteiger partial charge in [-0.3, -0.25) is 4.79 Å². The van der Waals surface area contributed by atoms with E-state index in [0.29, 0.717) is 19.8 Å². The smallest absolute Gasteiger partial charge is 0.223 e. The van der Waals surface area contributed by atoms with Crippen LogP contribution in [0.4, 0.5) is 0 Å². The number of hydrogen-bond acceptors (Lipinski definition) is 3. The zero-order valence-corrected chi connectivity index (χ0v) is 12.9. The second-order valence-corrected chi connectivity index (χ2v) is 5.29. The molecular formula is C17H25NO3. The molecular weight excluding hydrogens is 266 g/mol. The van der Waals surface area contributed by atoms with Gasteiger partial charge in [0.05, 0.1) is 6.54 Å². The van der Waals surface area contributed by atoms with Crippen LogP contribution in [0.1, 0.15) is 31.4 Å². The summed E-state index contributed by atoms with van der Waals surface area (Å²) < 4.78 is 10.9. The van der Waals surface area contributed by atoms with Gasteiger partial charge in [0, 0.05) is 19.1 Å². The third-order valence-corrected chi connectivity index (χ3v) is 3.87. The van der Waals surface area contributed by atoms with Crippen LogP contribution in [0.5, 0.6) is 0 Å². The third-order valence-electron chi connectivity index (χ3n) is 3.87. The number of carbonyl (C=O) groups excluding carboxylic acids is 1. The molecule has 0 aliphatic heterocycles. The maximum atomic E-state index is 12.3. The molecule has 0 bridgehead atoms. The molecule has 0 aromatic heterocycles. The van der Waals surface area contributed by atoms with Crippen LogP contribution in [0, 0.1) is 5.92 Å². The highest BCUT2D eigenvalue weighted by atomic mass is 16.7.